The van der Waals surface area contributed by atoms with E-state index in [0.717, 1.165) is 50.5 Å². The number of rotatable bonds is 7. The summed E-state index contributed by atoms with van der Waals surface area (Å²) in [6.07, 6.45) is 0. The normalized spacial score (nSPS) is 11.1. The lowest BCUT2D eigenvalue weighted by molar-refractivity contribution is 0.629. The van der Waals surface area contributed by atoms with Crippen LogP contribution >= 0.6 is 0 Å². The van der Waals surface area contributed by atoms with Gasteiger partial charge in [0.2, 0.25) is 0 Å². The number of benzene rings is 7. The van der Waals surface area contributed by atoms with Gasteiger partial charge in [-0.3, -0.25) is 0 Å². The van der Waals surface area contributed by atoms with Crippen LogP contribution in [0.2, 0.25) is 0 Å². The van der Waals surface area contributed by atoms with Crippen LogP contribution in [0.25, 0.3) is 55.7 Å². The quantitative estimate of drug-likeness (QED) is 0.180. The number of furan rings is 1. The molecule has 1 heterocycles. The van der Waals surface area contributed by atoms with E-state index in [1.54, 1.807) is 0 Å². The van der Waals surface area contributed by atoms with Crippen molar-refractivity contribution in [2.24, 2.45) is 0 Å². The summed E-state index contributed by atoms with van der Waals surface area (Å²) in [6.45, 7) is 2.14. The van der Waals surface area contributed by atoms with Crippen molar-refractivity contribution in [3.8, 4) is 44.7 Å². The third-order valence-electron chi connectivity index (χ3n) is 8.87. The van der Waals surface area contributed by atoms with Gasteiger partial charge in [-0.2, -0.15) is 0 Å². The van der Waals surface area contributed by atoms with E-state index < -0.39 is 0 Å². The average Bonchev–Trinajstić information content (AvgIpc) is 3.49. The molecule has 0 unspecified atom stereocenters. The number of aryl methyl sites for hydroxylation is 1. The third kappa shape index (κ3) is 5.62. The van der Waals surface area contributed by atoms with Gasteiger partial charge in [0.25, 0.3) is 0 Å². The van der Waals surface area contributed by atoms with E-state index >= 15 is 0 Å². The second kappa shape index (κ2) is 12.3. The van der Waals surface area contributed by atoms with Gasteiger partial charge in [-0.15, -0.1) is 0 Å². The lowest BCUT2D eigenvalue weighted by Gasteiger charge is -2.26. The van der Waals surface area contributed by atoms with E-state index in [4.69, 9.17) is 4.42 Å². The maximum atomic E-state index is 6.30. The highest BCUT2D eigenvalue weighted by Crippen LogP contribution is 2.39. The van der Waals surface area contributed by atoms with Crippen molar-refractivity contribution >= 4 is 28.0 Å². The molecular formula is C45H33NO. The summed E-state index contributed by atoms with van der Waals surface area (Å²) in [5, 5.41) is 1.16. The van der Waals surface area contributed by atoms with Gasteiger partial charge in [-0.25, -0.2) is 0 Å². The molecule has 2 nitrogen and oxygen atoms in total. The maximum absolute atomic E-state index is 6.30. The van der Waals surface area contributed by atoms with Gasteiger partial charge in [-0.1, -0.05) is 133 Å². The molecule has 0 N–H and O–H groups in total. The Labute approximate surface area is 275 Å². The average molecular weight is 604 g/mol. The van der Waals surface area contributed by atoms with Gasteiger partial charge in [0, 0.05) is 33.6 Å². The van der Waals surface area contributed by atoms with Gasteiger partial charge in [0.1, 0.15) is 11.3 Å². The highest BCUT2D eigenvalue weighted by molar-refractivity contribution is 5.88. The second-order valence-electron chi connectivity index (χ2n) is 11.8. The van der Waals surface area contributed by atoms with E-state index in [1.807, 2.05) is 12.1 Å². The monoisotopic (exact) mass is 603 g/mol. The zero-order chi connectivity index (χ0) is 31.6. The molecule has 8 rings (SSSR count). The lowest BCUT2D eigenvalue weighted by atomic mass is 9.99. The molecule has 0 aliphatic heterocycles. The van der Waals surface area contributed by atoms with Crippen LogP contribution in [0.5, 0.6) is 0 Å². The van der Waals surface area contributed by atoms with Crippen LogP contribution < -0.4 is 4.90 Å². The Morgan fingerprint density at radius 2 is 0.830 bits per heavy atom. The molecule has 0 radical (unpaired) electrons. The molecule has 0 fully saturated rings. The number of para-hydroxylation sites is 1. The topological polar surface area (TPSA) is 16.4 Å². The third-order valence-corrected chi connectivity index (χ3v) is 8.87. The number of hydrogen-bond donors (Lipinski definition) is 0. The van der Waals surface area contributed by atoms with Crippen LogP contribution in [0, 0.1) is 6.92 Å². The number of hydrogen-bond acceptors (Lipinski definition) is 2. The van der Waals surface area contributed by atoms with Crippen molar-refractivity contribution < 1.29 is 4.42 Å². The molecule has 7 aromatic carbocycles. The molecule has 0 atom stereocenters. The second-order valence-corrected chi connectivity index (χ2v) is 11.8. The van der Waals surface area contributed by atoms with E-state index in [1.165, 1.54) is 27.8 Å². The summed E-state index contributed by atoms with van der Waals surface area (Å²) >= 11 is 0. The van der Waals surface area contributed by atoms with Crippen LogP contribution in [0.15, 0.2) is 186 Å². The van der Waals surface area contributed by atoms with Crippen LogP contribution in [-0.2, 0) is 0 Å². The fourth-order valence-corrected chi connectivity index (χ4v) is 6.43. The predicted octanol–water partition coefficient (Wildman–Crippen LogP) is 12.9. The zero-order valence-electron chi connectivity index (χ0n) is 26.2. The molecule has 0 spiro atoms. The van der Waals surface area contributed by atoms with Crippen molar-refractivity contribution in [2.75, 3.05) is 4.90 Å². The highest BCUT2D eigenvalue weighted by Gasteiger charge is 2.16. The largest absolute Gasteiger partial charge is 0.456 e. The minimum Gasteiger partial charge on any atom is -0.456 e. The summed E-state index contributed by atoms with van der Waals surface area (Å²) < 4.78 is 6.30. The molecule has 224 valence electrons. The standard InChI is InChI=1S/C45H33NO/c1-32-43-20-8-9-21-44(43)47-45(32)39-18-10-16-37(30-39)36-24-28-41(29-25-36)46(40-26-22-35(23-27-40)33-12-4-2-5-13-33)42-19-11-17-38(31-42)34-14-6-3-7-15-34/h2-31H,1H3. The number of nitrogens with zero attached hydrogens (tertiary/aromatic N) is 1. The van der Waals surface area contributed by atoms with E-state index in [-0.39, 0.29) is 0 Å². The summed E-state index contributed by atoms with van der Waals surface area (Å²) in [6, 6.07) is 64.4. The van der Waals surface area contributed by atoms with Crippen LogP contribution in [0.4, 0.5) is 17.1 Å². The SMILES string of the molecule is Cc1c(-c2cccc(-c3ccc(N(c4ccc(-c5ccccc5)cc4)c4cccc(-c5ccccc5)c4)cc3)c2)oc2ccccc12. The van der Waals surface area contributed by atoms with Crippen LogP contribution in [0.1, 0.15) is 5.56 Å². The fourth-order valence-electron chi connectivity index (χ4n) is 6.43. The first-order valence-corrected chi connectivity index (χ1v) is 16.0. The molecule has 0 saturated heterocycles. The fraction of sp³-hybridized carbons (Fsp3) is 0.0222. The molecule has 0 aliphatic carbocycles. The number of fused-ring (bicyclic) bond motifs is 1. The Kier molecular flexibility index (Phi) is 7.45. The van der Waals surface area contributed by atoms with Crippen molar-refractivity contribution in [2.45, 2.75) is 6.92 Å². The summed E-state index contributed by atoms with van der Waals surface area (Å²) in [5.74, 6) is 0.924. The van der Waals surface area contributed by atoms with Gasteiger partial charge in [0.15, 0.2) is 0 Å². The molecule has 0 bridgehead atoms. The minimum absolute atomic E-state index is 0.919. The van der Waals surface area contributed by atoms with Gasteiger partial charge in [-0.05, 0) is 88.8 Å². The molecule has 1 aromatic heterocycles. The highest BCUT2D eigenvalue weighted by atomic mass is 16.3. The van der Waals surface area contributed by atoms with Crippen molar-refractivity contribution in [3.63, 3.8) is 0 Å². The Hall–Kier alpha value is -6.12. The van der Waals surface area contributed by atoms with Crippen LogP contribution in [0.3, 0.4) is 0 Å². The van der Waals surface area contributed by atoms with Crippen LogP contribution in [-0.4, -0.2) is 0 Å². The molecule has 0 saturated carbocycles. The van der Waals surface area contributed by atoms with E-state index in [0.29, 0.717) is 0 Å². The predicted molar refractivity (Wildman–Crippen MR) is 197 cm³/mol. The Bertz CT molecular complexity index is 2280. The van der Waals surface area contributed by atoms with Crippen molar-refractivity contribution in [1.82, 2.24) is 0 Å². The lowest BCUT2D eigenvalue weighted by Crippen LogP contribution is -2.10. The molecular weight excluding hydrogens is 571 g/mol. The van der Waals surface area contributed by atoms with Crippen molar-refractivity contribution in [1.29, 1.82) is 0 Å². The first-order chi connectivity index (χ1) is 23.2. The van der Waals surface area contributed by atoms with Crippen molar-refractivity contribution in [3.05, 3.63) is 188 Å². The molecule has 0 amide bonds. The summed E-state index contributed by atoms with van der Waals surface area (Å²) in [7, 11) is 0. The van der Waals surface area contributed by atoms with Gasteiger partial charge >= 0.3 is 0 Å². The van der Waals surface area contributed by atoms with E-state index in [2.05, 4.69) is 182 Å². The Morgan fingerprint density at radius 3 is 1.47 bits per heavy atom. The van der Waals surface area contributed by atoms with Gasteiger partial charge < -0.3 is 9.32 Å². The Balaban J connectivity index is 1.17. The minimum atomic E-state index is 0.919. The Morgan fingerprint density at radius 1 is 0.362 bits per heavy atom. The molecule has 2 heteroatoms. The first-order valence-electron chi connectivity index (χ1n) is 16.0. The molecule has 8 aromatic rings. The zero-order valence-corrected chi connectivity index (χ0v) is 26.2. The molecule has 47 heavy (non-hydrogen) atoms. The van der Waals surface area contributed by atoms with E-state index in [9.17, 15) is 0 Å². The smallest absolute Gasteiger partial charge is 0.138 e. The number of anilines is 3. The van der Waals surface area contributed by atoms with Gasteiger partial charge in [0.05, 0.1) is 0 Å². The molecule has 0 aliphatic rings. The summed E-state index contributed by atoms with van der Waals surface area (Å²) in [4.78, 5) is 2.33. The summed E-state index contributed by atoms with van der Waals surface area (Å²) in [5.41, 5.74) is 13.6. The first kappa shape index (κ1) is 28.4. The maximum Gasteiger partial charge on any atom is 0.138 e.